The zero-order valence-electron chi connectivity index (χ0n) is 10.7. The summed E-state index contributed by atoms with van der Waals surface area (Å²) in [4.78, 5) is 2.09. The van der Waals surface area contributed by atoms with Crippen LogP contribution in [0.15, 0.2) is 30.5 Å². The Hall–Kier alpha value is -1.32. The molecule has 1 atom stereocenters. The van der Waals surface area contributed by atoms with Gasteiger partial charge in [-0.2, -0.15) is 0 Å². The van der Waals surface area contributed by atoms with Crippen LogP contribution in [-0.4, -0.2) is 35.2 Å². The lowest BCUT2D eigenvalue weighted by Crippen LogP contribution is -2.15. The Morgan fingerprint density at radius 3 is 2.71 bits per heavy atom. The molecule has 3 heteroatoms. The van der Waals surface area contributed by atoms with Crippen molar-refractivity contribution in [1.82, 2.24) is 9.47 Å². The quantitative estimate of drug-likeness (QED) is 0.875. The van der Waals surface area contributed by atoms with Gasteiger partial charge in [-0.25, -0.2) is 0 Å². The zero-order valence-corrected chi connectivity index (χ0v) is 10.7. The summed E-state index contributed by atoms with van der Waals surface area (Å²) >= 11 is 0. The second-order valence-electron chi connectivity index (χ2n) is 4.82. The number of para-hydroxylation sites is 1. The first-order chi connectivity index (χ1) is 8.09. The van der Waals surface area contributed by atoms with E-state index < -0.39 is 0 Å². The fourth-order valence-electron chi connectivity index (χ4n) is 2.17. The fourth-order valence-corrected chi connectivity index (χ4v) is 2.17. The number of hydrogen-bond donors (Lipinski definition) is 1. The minimum atomic E-state index is -0.386. The Kier molecular flexibility index (Phi) is 3.50. The molecule has 0 aliphatic rings. The van der Waals surface area contributed by atoms with E-state index >= 15 is 0 Å². The molecule has 1 aromatic heterocycles. The number of aliphatic hydroxyl groups excluding tert-OH is 1. The molecule has 1 N–H and O–H groups in total. The molecule has 0 saturated carbocycles. The maximum atomic E-state index is 10.2. The maximum Gasteiger partial charge on any atom is 0.0823 e. The van der Waals surface area contributed by atoms with Crippen LogP contribution in [0, 0.1) is 0 Å². The van der Waals surface area contributed by atoms with E-state index in [1.54, 1.807) is 0 Å². The average Bonchev–Trinajstić information content (AvgIpc) is 2.65. The van der Waals surface area contributed by atoms with Crippen LogP contribution in [-0.2, 0) is 7.05 Å². The fraction of sp³-hybridized carbons (Fsp3) is 0.429. The van der Waals surface area contributed by atoms with Crippen LogP contribution >= 0.6 is 0 Å². The zero-order chi connectivity index (χ0) is 12.4. The largest absolute Gasteiger partial charge is 0.388 e. The first kappa shape index (κ1) is 12.1. The maximum absolute atomic E-state index is 10.2. The van der Waals surface area contributed by atoms with Gasteiger partial charge >= 0.3 is 0 Å². The summed E-state index contributed by atoms with van der Waals surface area (Å²) < 4.78 is 2.07. The molecular formula is C14H20N2O. The van der Waals surface area contributed by atoms with Crippen molar-refractivity contribution >= 4 is 10.9 Å². The number of hydrogen-bond acceptors (Lipinski definition) is 2. The van der Waals surface area contributed by atoms with Crippen molar-refractivity contribution in [2.75, 3.05) is 20.6 Å². The molecule has 0 spiro atoms. The lowest BCUT2D eigenvalue weighted by atomic mass is 10.1. The predicted molar refractivity (Wildman–Crippen MR) is 71.0 cm³/mol. The van der Waals surface area contributed by atoms with Crippen LogP contribution in [0.2, 0.25) is 0 Å². The highest BCUT2D eigenvalue weighted by Crippen LogP contribution is 2.27. The van der Waals surface area contributed by atoms with E-state index in [2.05, 4.69) is 21.6 Å². The van der Waals surface area contributed by atoms with Crippen molar-refractivity contribution in [3.63, 3.8) is 0 Å². The highest BCUT2D eigenvalue weighted by molar-refractivity contribution is 5.84. The van der Waals surface area contributed by atoms with Gasteiger partial charge in [-0.3, -0.25) is 0 Å². The standard InChI is InChI=1S/C14H20N2O/c1-15(2)9-8-14(17)12-10-16(3)13-7-5-4-6-11(12)13/h4-7,10,14,17H,8-9H2,1-3H3/t14-/m0/s1. The molecule has 0 aliphatic carbocycles. The Morgan fingerprint density at radius 2 is 2.00 bits per heavy atom. The third kappa shape index (κ3) is 2.51. The predicted octanol–water partition coefficient (Wildman–Crippen LogP) is 2.16. The Balaban J connectivity index is 2.29. The normalized spacial score (nSPS) is 13.5. The van der Waals surface area contributed by atoms with Gasteiger partial charge in [0, 0.05) is 36.3 Å². The second-order valence-corrected chi connectivity index (χ2v) is 4.82. The molecule has 0 fully saturated rings. The highest BCUT2D eigenvalue weighted by atomic mass is 16.3. The monoisotopic (exact) mass is 232 g/mol. The number of aliphatic hydroxyl groups is 1. The Morgan fingerprint density at radius 1 is 1.29 bits per heavy atom. The molecule has 92 valence electrons. The molecule has 0 saturated heterocycles. The summed E-state index contributed by atoms with van der Waals surface area (Å²) in [5.41, 5.74) is 2.20. The van der Waals surface area contributed by atoms with Crippen molar-refractivity contribution in [2.24, 2.45) is 7.05 Å². The summed E-state index contributed by atoms with van der Waals surface area (Å²) in [7, 11) is 6.07. The van der Waals surface area contributed by atoms with E-state index in [9.17, 15) is 5.11 Å². The molecule has 0 radical (unpaired) electrons. The molecule has 2 rings (SSSR count). The van der Waals surface area contributed by atoms with E-state index in [-0.39, 0.29) is 6.10 Å². The van der Waals surface area contributed by atoms with Crippen LogP contribution in [0.3, 0.4) is 0 Å². The van der Waals surface area contributed by atoms with Crippen LogP contribution in [0.5, 0.6) is 0 Å². The molecule has 0 amide bonds. The van der Waals surface area contributed by atoms with Gasteiger partial charge in [0.1, 0.15) is 0 Å². The van der Waals surface area contributed by atoms with Gasteiger partial charge < -0.3 is 14.6 Å². The van der Waals surface area contributed by atoms with E-state index in [1.807, 2.05) is 39.5 Å². The minimum Gasteiger partial charge on any atom is -0.388 e. The third-order valence-electron chi connectivity index (χ3n) is 3.14. The molecule has 0 aliphatic heterocycles. The number of aryl methyl sites for hydroxylation is 1. The first-order valence-electron chi connectivity index (χ1n) is 5.96. The van der Waals surface area contributed by atoms with E-state index in [0.717, 1.165) is 23.9 Å². The molecule has 17 heavy (non-hydrogen) atoms. The van der Waals surface area contributed by atoms with Crippen LogP contribution in [0.4, 0.5) is 0 Å². The van der Waals surface area contributed by atoms with E-state index in [1.165, 1.54) is 5.52 Å². The van der Waals surface area contributed by atoms with Crippen molar-refractivity contribution in [1.29, 1.82) is 0 Å². The molecule has 0 unspecified atom stereocenters. The van der Waals surface area contributed by atoms with Gasteiger partial charge in [-0.05, 0) is 26.6 Å². The number of rotatable bonds is 4. The third-order valence-corrected chi connectivity index (χ3v) is 3.14. The molecule has 1 heterocycles. The van der Waals surface area contributed by atoms with Crippen LogP contribution in [0.1, 0.15) is 18.1 Å². The van der Waals surface area contributed by atoms with Crippen LogP contribution < -0.4 is 0 Å². The van der Waals surface area contributed by atoms with Crippen molar-refractivity contribution in [3.8, 4) is 0 Å². The van der Waals surface area contributed by atoms with E-state index in [4.69, 9.17) is 0 Å². The van der Waals surface area contributed by atoms with Gasteiger partial charge in [0.05, 0.1) is 6.10 Å². The van der Waals surface area contributed by atoms with Gasteiger partial charge in [0.25, 0.3) is 0 Å². The van der Waals surface area contributed by atoms with Gasteiger partial charge in [0.15, 0.2) is 0 Å². The topological polar surface area (TPSA) is 28.4 Å². The average molecular weight is 232 g/mol. The summed E-state index contributed by atoms with van der Waals surface area (Å²) in [5, 5.41) is 11.4. The van der Waals surface area contributed by atoms with Crippen molar-refractivity contribution < 1.29 is 5.11 Å². The molecule has 3 nitrogen and oxygen atoms in total. The molecule has 1 aromatic carbocycles. The highest BCUT2D eigenvalue weighted by Gasteiger charge is 2.14. The number of benzene rings is 1. The van der Waals surface area contributed by atoms with Gasteiger partial charge in [-0.1, -0.05) is 18.2 Å². The first-order valence-corrected chi connectivity index (χ1v) is 5.96. The summed E-state index contributed by atoms with van der Waals surface area (Å²) in [6.45, 7) is 0.893. The minimum absolute atomic E-state index is 0.386. The number of fused-ring (bicyclic) bond motifs is 1. The summed E-state index contributed by atoms with van der Waals surface area (Å²) in [6.07, 6.45) is 2.41. The van der Waals surface area contributed by atoms with E-state index in [0.29, 0.717) is 0 Å². The lowest BCUT2D eigenvalue weighted by molar-refractivity contribution is 0.155. The van der Waals surface area contributed by atoms with Gasteiger partial charge in [-0.15, -0.1) is 0 Å². The summed E-state index contributed by atoms with van der Waals surface area (Å²) in [5.74, 6) is 0. The Labute approximate surface area is 102 Å². The van der Waals surface area contributed by atoms with Gasteiger partial charge in [0.2, 0.25) is 0 Å². The lowest BCUT2D eigenvalue weighted by Gasteiger charge is -2.13. The SMILES string of the molecule is CN(C)CC[C@H](O)c1cn(C)c2ccccc12. The second kappa shape index (κ2) is 4.90. The Bertz CT molecular complexity index is 502. The number of nitrogens with zero attached hydrogens (tertiary/aromatic N) is 2. The smallest absolute Gasteiger partial charge is 0.0823 e. The molecular weight excluding hydrogens is 212 g/mol. The molecule has 0 bridgehead atoms. The summed E-state index contributed by atoms with van der Waals surface area (Å²) in [6, 6.07) is 8.20. The molecule has 2 aromatic rings. The van der Waals surface area contributed by atoms with Crippen molar-refractivity contribution in [2.45, 2.75) is 12.5 Å². The van der Waals surface area contributed by atoms with Crippen molar-refractivity contribution in [3.05, 3.63) is 36.0 Å². The van der Waals surface area contributed by atoms with Crippen LogP contribution in [0.25, 0.3) is 10.9 Å². The number of aromatic nitrogens is 1.